The molecule has 142 valence electrons. The maximum absolute atomic E-state index is 13.4. The summed E-state index contributed by atoms with van der Waals surface area (Å²) in [4.78, 5) is 13.9. The number of hydrogen-bond donors (Lipinski definition) is 0. The Morgan fingerprint density at radius 3 is 1.78 bits per heavy atom. The third-order valence-electron chi connectivity index (χ3n) is 5.73. The molecule has 0 radical (unpaired) electrons. The first kappa shape index (κ1) is 18.1. The van der Waals surface area contributed by atoms with Crippen LogP contribution in [0.25, 0.3) is 0 Å². The zero-order chi connectivity index (χ0) is 19.0. The van der Waals surface area contributed by atoms with Gasteiger partial charge in [0, 0.05) is 19.0 Å². The topological polar surface area (TPSA) is 29.5 Å². The molecule has 2 aliphatic heterocycles. The Morgan fingerprint density at radius 2 is 1.37 bits per heavy atom. The highest BCUT2D eigenvalue weighted by molar-refractivity contribution is 5.74. The first-order valence-electron chi connectivity index (χ1n) is 9.46. The summed E-state index contributed by atoms with van der Waals surface area (Å²) in [5.74, 6) is -0.469. The van der Waals surface area contributed by atoms with Crippen LogP contribution in [0.1, 0.15) is 49.8 Å². The number of carbonyl (C=O) groups excluding carboxylic acids is 1. The molecule has 0 spiro atoms. The fraction of sp³-hybridized carbons (Fsp3) is 0.409. The summed E-state index contributed by atoms with van der Waals surface area (Å²) < 4.78 is 33.2. The Morgan fingerprint density at radius 1 is 0.926 bits per heavy atom. The second-order valence-electron chi connectivity index (χ2n) is 7.52. The van der Waals surface area contributed by atoms with Crippen molar-refractivity contribution >= 4 is 5.91 Å². The van der Waals surface area contributed by atoms with Crippen molar-refractivity contribution in [1.82, 2.24) is 4.90 Å². The summed E-state index contributed by atoms with van der Waals surface area (Å²) in [5.41, 5.74) is 1.67. The van der Waals surface area contributed by atoms with E-state index in [1.165, 1.54) is 24.3 Å². The van der Waals surface area contributed by atoms with Gasteiger partial charge in [0.2, 0.25) is 5.91 Å². The summed E-state index contributed by atoms with van der Waals surface area (Å²) in [7, 11) is 0. The molecule has 2 saturated heterocycles. The lowest BCUT2D eigenvalue weighted by atomic mass is 9.97. The van der Waals surface area contributed by atoms with Gasteiger partial charge in [0.1, 0.15) is 17.7 Å². The average Bonchev–Trinajstić information content (AvgIpc) is 2.93. The lowest BCUT2D eigenvalue weighted by Crippen LogP contribution is -2.47. The van der Waals surface area contributed by atoms with E-state index >= 15 is 0 Å². The lowest BCUT2D eigenvalue weighted by molar-refractivity contribution is -0.137. The second kappa shape index (κ2) is 7.39. The zero-order valence-corrected chi connectivity index (χ0v) is 15.3. The largest absolute Gasteiger partial charge is 0.365 e. The van der Waals surface area contributed by atoms with Crippen molar-refractivity contribution in [2.45, 2.75) is 56.9 Å². The van der Waals surface area contributed by atoms with E-state index in [0.29, 0.717) is 0 Å². The van der Waals surface area contributed by atoms with E-state index in [-0.39, 0.29) is 41.8 Å². The molecule has 27 heavy (non-hydrogen) atoms. The number of fused-ring (bicyclic) bond motifs is 2. The summed E-state index contributed by atoms with van der Waals surface area (Å²) in [5, 5.41) is 0. The van der Waals surface area contributed by atoms with Gasteiger partial charge in [-0.2, -0.15) is 0 Å². The van der Waals surface area contributed by atoms with Crippen LogP contribution in [-0.4, -0.2) is 29.0 Å². The summed E-state index contributed by atoms with van der Waals surface area (Å²) >= 11 is 0. The van der Waals surface area contributed by atoms with Crippen molar-refractivity contribution in [2.75, 3.05) is 0 Å². The van der Waals surface area contributed by atoms with E-state index in [0.717, 1.165) is 36.8 Å². The summed E-state index contributed by atoms with van der Waals surface area (Å²) in [6, 6.07) is 13.0. The molecule has 2 bridgehead atoms. The molecule has 0 N–H and O–H groups in total. The number of rotatable bonds is 4. The number of ether oxygens (including phenoxy) is 1. The highest BCUT2D eigenvalue weighted by Crippen LogP contribution is 2.39. The molecule has 3 nitrogen and oxygen atoms in total. The molecule has 0 aliphatic carbocycles. The van der Waals surface area contributed by atoms with Gasteiger partial charge < -0.3 is 9.64 Å². The molecule has 2 heterocycles. The molecule has 2 aromatic carbocycles. The minimum absolute atomic E-state index is 0.0122. The third kappa shape index (κ3) is 3.74. The minimum Gasteiger partial charge on any atom is -0.365 e. The van der Waals surface area contributed by atoms with Crippen LogP contribution in [0.15, 0.2) is 48.5 Å². The molecule has 2 fully saturated rings. The quantitative estimate of drug-likeness (QED) is 0.785. The fourth-order valence-corrected chi connectivity index (χ4v) is 4.57. The first-order chi connectivity index (χ1) is 13.0. The Bertz CT molecular complexity index is 747. The number of carbonyl (C=O) groups is 1. The lowest BCUT2D eigenvalue weighted by Gasteiger charge is -2.39. The predicted molar refractivity (Wildman–Crippen MR) is 98.1 cm³/mol. The van der Waals surface area contributed by atoms with Gasteiger partial charge in [-0.25, -0.2) is 8.78 Å². The molecule has 4 rings (SSSR count). The third-order valence-corrected chi connectivity index (χ3v) is 5.73. The highest BCUT2D eigenvalue weighted by atomic mass is 19.1. The van der Waals surface area contributed by atoms with Gasteiger partial charge >= 0.3 is 0 Å². The van der Waals surface area contributed by atoms with Gasteiger partial charge in [-0.1, -0.05) is 24.3 Å². The van der Waals surface area contributed by atoms with Crippen LogP contribution in [0, 0.1) is 11.6 Å². The van der Waals surface area contributed by atoms with E-state index < -0.39 is 0 Å². The maximum atomic E-state index is 13.4. The number of halogens is 2. The van der Waals surface area contributed by atoms with Crippen molar-refractivity contribution in [3.63, 3.8) is 0 Å². The standard InChI is InChI=1S/C22H23F2NO2/c1-14(26)25-19-10-11-20(25)13-21(12-19)27-22(15-2-6-17(23)7-3-15)16-4-8-18(24)9-5-16/h2-9,19-22H,10-13H2,1H3/t19-,20+,21?. The molecule has 2 aromatic rings. The average molecular weight is 371 g/mol. The Labute approximate surface area is 157 Å². The van der Waals surface area contributed by atoms with Crippen molar-refractivity contribution in [3.05, 3.63) is 71.3 Å². The second-order valence-corrected chi connectivity index (χ2v) is 7.52. The smallest absolute Gasteiger partial charge is 0.219 e. The number of benzene rings is 2. The monoisotopic (exact) mass is 371 g/mol. The van der Waals surface area contributed by atoms with E-state index in [1.807, 2.05) is 4.90 Å². The molecule has 0 aromatic heterocycles. The number of piperidine rings is 1. The van der Waals surface area contributed by atoms with Crippen LogP contribution in [0.5, 0.6) is 0 Å². The molecule has 2 aliphatic rings. The van der Waals surface area contributed by atoms with Crippen LogP contribution in [0.4, 0.5) is 8.78 Å². The maximum Gasteiger partial charge on any atom is 0.219 e. The van der Waals surface area contributed by atoms with Gasteiger partial charge in [-0.3, -0.25) is 4.79 Å². The van der Waals surface area contributed by atoms with Crippen LogP contribution in [0.3, 0.4) is 0 Å². The number of hydrogen-bond acceptors (Lipinski definition) is 2. The van der Waals surface area contributed by atoms with E-state index in [1.54, 1.807) is 31.2 Å². The van der Waals surface area contributed by atoms with E-state index in [2.05, 4.69) is 0 Å². The first-order valence-corrected chi connectivity index (χ1v) is 9.46. The van der Waals surface area contributed by atoms with Crippen molar-refractivity contribution in [3.8, 4) is 0 Å². The Balaban J connectivity index is 1.58. The fourth-order valence-electron chi connectivity index (χ4n) is 4.57. The minimum atomic E-state index is -0.389. The number of amides is 1. The van der Waals surface area contributed by atoms with Gasteiger partial charge in [0.05, 0.1) is 6.10 Å². The van der Waals surface area contributed by atoms with Crippen LogP contribution in [0.2, 0.25) is 0 Å². The van der Waals surface area contributed by atoms with Crippen LogP contribution in [-0.2, 0) is 9.53 Å². The Hall–Kier alpha value is -2.27. The van der Waals surface area contributed by atoms with Crippen LogP contribution >= 0.6 is 0 Å². The van der Waals surface area contributed by atoms with Gasteiger partial charge in [0.15, 0.2) is 0 Å². The van der Waals surface area contributed by atoms with Crippen LogP contribution < -0.4 is 0 Å². The summed E-state index contributed by atoms with van der Waals surface area (Å²) in [6.07, 6.45) is 3.26. The van der Waals surface area contributed by atoms with E-state index in [4.69, 9.17) is 4.74 Å². The molecule has 0 saturated carbocycles. The molecule has 5 heteroatoms. The van der Waals surface area contributed by atoms with Gasteiger partial charge in [-0.05, 0) is 61.1 Å². The highest BCUT2D eigenvalue weighted by Gasteiger charge is 2.43. The van der Waals surface area contributed by atoms with Crippen molar-refractivity contribution in [2.24, 2.45) is 0 Å². The van der Waals surface area contributed by atoms with Gasteiger partial charge in [-0.15, -0.1) is 0 Å². The number of nitrogens with zero attached hydrogens (tertiary/aromatic N) is 1. The van der Waals surface area contributed by atoms with Crippen molar-refractivity contribution in [1.29, 1.82) is 0 Å². The Kier molecular flexibility index (Phi) is 4.96. The molecule has 3 atom stereocenters. The zero-order valence-electron chi connectivity index (χ0n) is 15.3. The van der Waals surface area contributed by atoms with Gasteiger partial charge in [0.25, 0.3) is 0 Å². The molecular formula is C22H23F2NO2. The predicted octanol–water partition coefficient (Wildman–Crippen LogP) is 4.61. The molecular weight excluding hydrogens is 348 g/mol. The molecule has 1 amide bonds. The molecule has 1 unspecified atom stereocenters. The SMILES string of the molecule is CC(=O)N1[C@@H]2CC[C@H]1CC(OC(c1ccc(F)cc1)c1ccc(F)cc1)C2. The summed E-state index contributed by atoms with van der Waals surface area (Å²) in [6.45, 7) is 1.63. The van der Waals surface area contributed by atoms with Crippen molar-refractivity contribution < 1.29 is 18.3 Å². The van der Waals surface area contributed by atoms with E-state index in [9.17, 15) is 13.6 Å². The normalized spacial score (nSPS) is 24.4.